The van der Waals surface area contributed by atoms with Gasteiger partial charge >= 0.3 is 0 Å². The normalized spacial score (nSPS) is 28.8. The van der Waals surface area contributed by atoms with Crippen LogP contribution in [0.15, 0.2) is 35.5 Å². The molecule has 0 aromatic heterocycles. The number of amides is 3. The van der Waals surface area contributed by atoms with Gasteiger partial charge in [-0.05, 0) is 113 Å². The van der Waals surface area contributed by atoms with Crippen molar-refractivity contribution in [2.45, 2.75) is 174 Å². The molecule has 7 heteroatoms. The van der Waals surface area contributed by atoms with Crippen LogP contribution in [0.25, 0.3) is 0 Å². The highest BCUT2D eigenvalue weighted by atomic mass is 16.3. The molecule has 276 valence electrons. The molecule has 3 amide bonds. The van der Waals surface area contributed by atoms with E-state index in [9.17, 15) is 19.5 Å². The zero-order chi connectivity index (χ0) is 35.1. The van der Waals surface area contributed by atoms with Crippen molar-refractivity contribution in [3.63, 3.8) is 0 Å². The molecule has 49 heavy (non-hydrogen) atoms. The lowest BCUT2D eigenvalue weighted by molar-refractivity contribution is -0.128. The first-order valence-electron chi connectivity index (χ1n) is 20.3. The molecule has 4 aliphatic carbocycles. The summed E-state index contributed by atoms with van der Waals surface area (Å²) >= 11 is 0. The van der Waals surface area contributed by atoms with Crippen LogP contribution in [0.2, 0.25) is 0 Å². The molecule has 0 bridgehead atoms. The van der Waals surface area contributed by atoms with Crippen LogP contribution in [0.5, 0.6) is 0 Å². The van der Waals surface area contributed by atoms with Gasteiger partial charge < -0.3 is 21.1 Å². The number of aliphatic hydroxyl groups is 1. The zero-order valence-corrected chi connectivity index (χ0v) is 31.1. The van der Waals surface area contributed by atoms with Gasteiger partial charge in [0.25, 0.3) is 0 Å². The molecule has 7 nitrogen and oxygen atoms in total. The van der Waals surface area contributed by atoms with Crippen molar-refractivity contribution in [2.24, 2.45) is 23.2 Å². The van der Waals surface area contributed by atoms with Gasteiger partial charge in [-0.1, -0.05) is 88.7 Å². The molecule has 4 aliphatic rings. The third-order valence-corrected chi connectivity index (χ3v) is 12.5. The van der Waals surface area contributed by atoms with Crippen LogP contribution in [0.3, 0.4) is 0 Å². The second kappa shape index (κ2) is 20.4. The van der Waals surface area contributed by atoms with Gasteiger partial charge in [-0.3, -0.25) is 14.4 Å². The minimum atomic E-state index is -0.251. The summed E-state index contributed by atoms with van der Waals surface area (Å²) in [7, 11) is 0. The fourth-order valence-electron chi connectivity index (χ4n) is 9.44. The van der Waals surface area contributed by atoms with Crippen molar-refractivity contribution in [3.05, 3.63) is 35.5 Å². The van der Waals surface area contributed by atoms with Gasteiger partial charge in [0, 0.05) is 37.9 Å². The molecule has 0 aromatic carbocycles. The minimum absolute atomic E-state index is 0.0128. The average Bonchev–Trinajstić information content (AvgIpc) is 3.42. The molecule has 0 aliphatic heterocycles. The van der Waals surface area contributed by atoms with E-state index >= 15 is 0 Å². The molecule has 0 radical (unpaired) electrons. The van der Waals surface area contributed by atoms with E-state index in [2.05, 4.69) is 48.5 Å². The summed E-state index contributed by atoms with van der Waals surface area (Å²) in [5.41, 5.74) is 4.03. The van der Waals surface area contributed by atoms with Gasteiger partial charge in [0.15, 0.2) is 0 Å². The smallest absolute Gasteiger partial charge is 0.223 e. The number of allylic oxidation sites excluding steroid dienone is 4. The van der Waals surface area contributed by atoms with E-state index < -0.39 is 0 Å². The number of hydrogen-bond acceptors (Lipinski definition) is 4. The second-order valence-electron chi connectivity index (χ2n) is 16.2. The van der Waals surface area contributed by atoms with Crippen LogP contribution in [0.4, 0.5) is 0 Å². The first-order valence-corrected chi connectivity index (χ1v) is 20.3. The highest BCUT2D eigenvalue weighted by Gasteiger charge is 2.51. The van der Waals surface area contributed by atoms with Crippen molar-refractivity contribution >= 4 is 17.7 Å². The number of nitrogens with one attached hydrogen (secondary N) is 3. The molecule has 4 rings (SSSR count). The standard InChI is InChI=1S/C42H69N3O4/c1-31-21-24-36(46)30-34(31)23-22-33-16-15-27-42(3)37(25-26-38(33)42)32(2)41(49)44-29-14-13-28-43-39(47)19-11-7-8-12-20-40(48)45-35-17-9-5-4-6-10-18-35/h22-23,32,35-38,46H,1,4-21,24-30H2,2-3H3,(H,43,47)(H,44,49)(H,45,48)/b33-22+,34-23-/t32-,36-,37?,38?,42?/m0/s1. The molecular weight excluding hydrogens is 610 g/mol. The molecule has 4 fully saturated rings. The fraction of sp³-hybridized carbons (Fsp3) is 0.786. The molecular formula is C42H69N3O4. The number of rotatable bonds is 16. The molecule has 3 unspecified atom stereocenters. The highest BCUT2D eigenvalue weighted by Crippen LogP contribution is 2.59. The van der Waals surface area contributed by atoms with Crippen LogP contribution in [-0.4, -0.2) is 48.1 Å². The van der Waals surface area contributed by atoms with E-state index in [1.165, 1.54) is 56.1 Å². The maximum Gasteiger partial charge on any atom is 0.223 e. The van der Waals surface area contributed by atoms with Crippen molar-refractivity contribution in [3.8, 4) is 0 Å². The van der Waals surface area contributed by atoms with Gasteiger partial charge in [-0.2, -0.15) is 0 Å². The fourth-order valence-corrected chi connectivity index (χ4v) is 9.44. The average molecular weight is 680 g/mol. The lowest BCUT2D eigenvalue weighted by Crippen LogP contribution is -2.41. The molecule has 4 saturated carbocycles. The van der Waals surface area contributed by atoms with Crippen LogP contribution in [-0.2, 0) is 14.4 Å². The first-order chi connectivity index (χ1) is 23.7. The summed E-state index contributed by atoms with van der Waals surface area (Å²) in [6.07, 6.45) is 27.6. The number of carbonyl (C=O) groups is 3. The number of hydrogen-bond donors (Lipinski definition) is 4. The lowest BCUT2D eigenvalue weighted by Gasteiger charge is -2.44. The topological polar surface area (TPSA) is 108 Å². The number of fused-ring (bicyclic) bond motifs is 1. The van der Waals surface area contributed by atoms with Crippen molar-refractivity contribution in [1.82, 2.24) is 16.0 Å². The number of carbonyl (C=O) groups excluding carboxylic acids is 3. The SMILES string of the molecule is C=C1CC[C@H](O)C/C1=C/C=C1\CCCC2(C)C1CCC2[C@H](C)C(=O)NCCCCNC(=O)CCCCCCC(=O)NC1CCCCCCC1. The van der Waals surface area contributed by atoms with Gasteiger partial charge in [-0.25, -0.2) is 0 Å². The maximum atomic E-state index is 13.3. The Morgan fingerprint density at radius 3 is 2.22 bits per heavy atom. The van der Waals surface area contributed by atoms with E-state index in [0.717, 1.165) is 89.0 Å². The summed E-state index contributed by atoms with van der Waals surface area (Å²) in [6, 6.07) is 0.368. The summed E-state index contributed by atoms with van der Waals surface area (Å²) in [6.45, 7) is 10.1. The molecule has 0 heterocycles. The Kier molecular flexibility index (Phi) is 16.4. The predicted octanol–water partition coefficient (Wildman–Crippen LogP) is 8.38. The van der Waals surface area contributed by atoms with Crippen LogP contribution in [0.1, 0.15) is 162 Å². The van der Waals surface area contributed by atoms with Crippen LogP contribution < -0.4 is 16.0 Å². The lowest BCUT2D eigenvalue weighted by atomic mass is 9.61. The second-order valence-corrected chi connectivity index (χ2v) is 16.2. The quantitative estimate of drug-likeness (QED) is 0.123. The Morgan fingerprint density at radius 1 is 0.816 bits per heavy atom. The summed E-state index contributed by atoms with van der Waals surface area (Å²) < 4.78 is 0. The molecule has 4 N–H and O–H groups in total. The van der Waals surface area contributed by atoms with Crippen molar-refractivity contribution in [1.29, 1.82) is 0 Å². The van der Waals surface area contributed by atoms with Crippen LogP contribution >= 0.6 is 0 Å². The zero-order valence-electron chi connectivity index (χ0n) is 31.1. The third-order valence-electron chi connectivity index (χ3n) is 12.5. The van der Waals surface area contributed by atoms with E-state index in [1.807, 2.05) is 0 Å². The van der Waals surface area contributed by atoms with E-state index in [1.54, 1.807) is 0 Å². The molecule has 5 atom stereocenters. The summed E-state index contributed by atoms with van der Waals surface area (Å²) in [4.78, 5) is 37.9. The summed E-state index contributed by atoms with van der Waals surface area (Å²) in [5.74, 6) is 1.35. The molecule has 0 aromatic rings. The number of aliphatic hydroxyl groups excluding tert-OH is 1. The largest absolute Gasteiger partial charge is 0.393 e. The van der Waals surface area contributed by atoms with Crippen LogP contribution in [0, 0.1) is 23.2 Å². The molecule has 0 spiro atoms. The third kappa shape index (κ3) is 12.4. The van der Waals surface area contributed by atoms with Crippen molar-refractivity contribution < 1.29 is 19.5 Å². The van der Waals surface area contributed by atoms with E-state index in [-0.39, 0.29) is 35.2 Å². The Bertz CT molecular complexity index is 1150. The Labute approximate surface area is 298 Å². The predicted molar refractivity (Wildman–Crippen MR) is 200 cm³/mol. The van der Waals surface area contributed by atoms with E-state index in [4.69, 9.17) is 0 Å². The first kappa shape index (κ1) is 39.4. The highest BCUT2D eigenvalue weighted by molar-refractivity contribution is 5.79. The van der Waals surface area contributed by atoms with Crippen molar-refractivity contribution in [2.75, 3.05) is 13.1 Å². The monoisotopic (exact) mass is 680 g/mol. The van der Waals surface area contributed by atoms with Gasteiger partial charge in [-0.15, -0.1) is 0 Å². The summed E-state index contributed by atoms with van der Waals surface area (Å²) in [5, 5.41) is 19.6. The number of unbranched alkanes of at least 4 members (excludes halogenated alkanes) is 4. The van der Waals surface area contributed by atoms with Gasteiger partial charge in [0.2, 0.25) is 17.7 Å². The Hall–Kier alpha value is -2.41. The van der Waals surface area contributed by atoms with E-state index in [0.29, 0.717) is 50.2 Å². The minimum Gasteiger partial charge on any atom is -0.393 e. The Morgan fingerprint density at radius 2 is 1.49 bits per heavy atom. The Balaban J connectivity index is 1.04. The van der Waals surface area contributed by atoms with Gasteiger partial charge in [0.1, 0.15) is 0 Å². The van der Waals surface area contributed by atoms with Gasteiger partial charge in [0.05, 0.1) is 6.10 Å². The molecule has 0 saturated heterocycles. The maximum absolute atomic E-state index is 13.3.